The first-order chi connectivity index (χ1) is 14.1. The van der Waals surface area contributed by atoms with Crippen LogP contribution in [0.15, 0.2) is 12.4 Å². The predicted molar refractivity (Wildman–Crippen MR) is 102 cm³/mol. The molecule has 0 spiro atoms. The van der Waals surface area contributed by atoms with E-state index in [1.165, 1.54) is 0 Å². The molecule has 1 atom stereocenters. The van der Waals surface area contributed by atoms with E-state index >= 15 is 0 Å². The number of piperidine rings is 1. The fourth-order valence-electron chi connectivity index (χ4n) is 4.32. The number of carbonyl (C=O) groups excluding carboxylic acids is 2. The first-order valence-electron chi connectivity index (χ1n) is 10.3. The Morgan fingerprint density at radius 2 is 1.83 bits per heavy atom. The topological polar surface area (TPSA) is 94.1 Å². The first kappa shape index (κ1) is 19.9. The minimum atomic E-state index is -0.229. The van der Waals surface area contributed by atoms with Crippen LogP contribution >= 0.6 is 0 Å². The van der Waals surface area contributed by atoms with E-state index in [4.69, 9.17) is 14.2 Å². The smallest absolute Gasteiger partial charge is 0.316 e. The van der Waals surface area contributed by atoms with Crippen molar-refractivity contribution in [2.75, 3.05) is 40.0 Å². The zero-order valence-electron chi connectivity index (χ0n) is 16.8. The molecule has 29 heavy (non-hydrogen) atoms. The quantitative estimate of drug-likeness (QED) is 0.719. The van der Waals surface area contributed by atoms with E-state index < -0.39 is 0 Å². The summed E-state index contributed by atoms with van der Waals surface area (Å²) < 4.78 is 16.3. The van der Waals surface area contributed by atoms with Crippen LogP contribution in [0.25, 0.3) is 0 Å². The average Bonchev–Trinajstić information content (AvgIpc) is 3.16. The molecule has 0 bridgehead atoms. The minimum Gasteiger partial charge on any atom is -0.494 e. The maximum atomic E-state index is 13.0. The van der Waals surface area contributed by atoms with Gasteiger partial charge in [0.25, 0.3) is 0 Å². The van der Waals surface area contributed by atoms with Crippen molar-refractivity contribution in [2.24, 2.45) is 5.92 Å². The third-order valence-electron chi connectivity index (χ3n) is 6.01. The van der Waals surface area contributed by atoms with Crippen molar-refractivity contribution in [3.8, 4) is 11.8 Å². The molecule has 9 nitrogen and oxygen atoms in total. The van der Waals surface area contributed by atoms with Gasteiger partial charge in [-0.1, -0.05) is 0 Å². The molecule has 158 valence electrons. The SMILES string of the molecule is COc1cnc(OC2CCN(C(=O)C3CC(=O)N(C4CCOCC4)C3)CC2)nc1. The molecule has 3 saturated heterocycles. The Hall–Kier alpha value is -2.42. The van der Waals surface area contributed by atoms with Crippen LogP contribution in [0.2, 0.25) is 0 Å². The predicted octanol–water partition coefficient (Wildman–Crippen LogP) is 0.883. The zero-order valence-corrected chi connectivity index (χ0v) is 16.8. The zero-order chi connectivity index (χ0) is 20.2. The van der Waals surface area contributed by atoms with Gasteiger partial charge in [-0.05, 0) is 12.8 Å². The van der Waals surface area contributed by atoms with E-state index in [9.17, 15) is 9.59 Å². The fourth-order valence-corrected chi connectivity index (χ4v) is 4.32. The average molecular weight is 404 g/mol. The summed E-state index contributed by atoms with van der Waals surface area (Å²) in [6, 6.07) is 0.543. The number of rotatable bonds is 5. The number of hydrogen-bond acceptors (Lipinski definition) is 7. The van der Waals surface area contributed by atoms with Crippen LogP contribution in [0, 0.1) is 5.92 Å². The standard InChI is InChI=1S/C20H28N4O5/c1-27-17-11-21-20(22-12-17)29-16-2-6-23(7-3-16)19(26)14-10-18(25)24(13-14)15-4-8-28-9-5-15/h11-12,14-16H,2-10,13H2,1H3. The largest absolute Gasteiger partial charge is 0.494 e. The molecule has 0 aromatic carbocycles. The Labute approximate surface area is 170 Å². The van der Waals surface area contributed by atoms with Gasteiger partial charge >= 0.3 is 6.01 Å². The van der Waals surface area contributed by atoms with Crippen molar-refractivity contribution < 1.29 is 23.8 Å². The van der Waals surface area contributed by atoms with Crippen LogP contribution < -0.4 is 9.47 Å². The van der Waals surface area contributed by atoms with Gasteiger partial charge in [-0.3, -0.25) is 9.59 Å². The molecule has 0 radical (unpaired) electrons. The highest BCUT2D eigenvalue weighted by Crippen LogP contribution is 2.27. The number of ether oxygens (including phenoxy) is 3. The fraction of sp³-hybridized carbons (Fsp3) is 0.700. The highest BCUT2D eigenvalue weighted by molar-refractivity contribution is 5.89. The number of amides is 2. The number of carbonyl (C=O) groups is 2. The van der Waals surface area contributed by atoms with Crippen molar-refractivity contribution in [2.45, 2.75) is 44.2 Å². The number of likely N-dealkylation sites (tertiary alicyclic amines) is 2. The molecule has 1 aromatic rings. The van der Waals surface area contributed by atoms with Crippen LogP contribution in [0.4, 0.5) is 0 Å². The molecule has 3 aliphatic heterocycles. The summed E-state index contributed by atoms with van der Waals surface area (Å²) in [7, 11) is 1.56. The molecule has 4 heterocycles. The van der Waals surface area contributed by atoms with Crippen LogP contribution in [0.5, 0.6) is 11.8 Å². The third-order valence-corrected chi connectivity index (χ3v) is 6.01. The second kappa shape index (κ2) is 8.94. The van der Waals surface area contributed by atoms with Crippen molar-refractivity contribution in [1.29, 1.82) is 0 Å². The molecule has 2 amide bonds. The Balaban J connectivity index is 1.26. The lowest BCUT2D eigenvalue weighted by Crippen LogP contribution is -2.45. The summed E-state index contributed by atoms with van der Waals surface area (Å²) in [6.45, 7) is 3.18. The first-order valence-corrected chi connectivity index (χ1v) is 10.3. The van der Waals surface area contributed by atoms with Gasteiger partial charge in [0.15, 0.2) is 5.75 Å². The maximum Gasteiger partial charge on any atom is 0.316 e. The molecule has 0 aliphatic carbocycles. The van der Waals surface area contributed by atoms with Crippen LogP contribution in [0.3, 0.4) is 0 Å². The van der Waals surface area contributed by atoms with Gasteiger partial charge in [0.2, 0.25) is 11.8 Å². The van der Waals surface area contributed by atoms with E-state index in [2.05, 4.69) is 9.97 Å². The van der Waals surface area contributed by atoms with E-state index in [0.29, 0.717) is 51.0 Å². The summed E-state index contributed by atoms with van der Waals surface area (Å²) in [5.74, 6) is 0.545. The number of nitrogens with zero attached hydrogens (tertiary/aromatic N) is 4. The Bertz CT molecular complexity index is 714. The van der Waals surface area contributed by atoms with Gasteiger partial charge in [-0.2, -0.15) is 9.97 Å². The van der Waals surface area contributed by atoms with E-state index in [-0.39, 0.29) is 29.9 Å². The number of aromatic nitrogens is 2. The molecule has 1 unspecified atom stereocenters. The van der Waals surface area contributed by atoms with E-state index in [1.54, 1.807) is 19.5 Å². The Kier molecular flexibility index (Phi) is 6.13. The normalized spacial score (nSPS) is 24.0. The van der Waals surface area contributed by atoms with Crippen molar-refractivity contribution in [1.82, 2.24) is 19.8 Å². The van der Waals surface area contributed by atoms with Crippen molar-refractivity contribution in [3.05, 3.63) is 12.4 Å². The molecular formula is C20H28N4O5. The Morgan fingerprint density at radius 3 is 2.48 bits per heavy atom. The molecule has 4 rings (SSSR count). The summed E-state index contributed by atoms with van der Waals surface area (Å²) in [5.41, 5.74) is 0. The van der Waals surface area contributed by atoms with Gasteiger partial charge < -0.3 is 24.0 Å². The molecule has 9 heteroatoms. The summed E-state index contributed by atoms with van der Waals surface area (Å²) in [6.07, 6.45) is 6.64. The van der Waals surface area contributed by atoms with Gasteiger partial charge in [-0.25, -0.2) is 0 Å². The lowest BCUT2D eigenvalue weighted by Gasteiger charge is -2.34. The maximum absolute atomic E-state index is 13.0. The highest BCUT2D eigenvalue weighted by atomic mass is 16.5. The molecule has 1 aromatic heterocycles. The van der Waals surface area contributed by atoms with E-state index in [0.717, 1.165) is 25.7 Å². The summed E-state index contributed by atoms with van der Waals surface area (Å²) in [5, 5.41) is 0. The second-order valence-electron chi connectivity index (χ2n) is 7.84. The molecular weight excluding hydrogens is 376 g/mol. The van der Waals surface area contributed by atoms with Gasteiger partial charge in [0, 0.05) is 58.2 Å². The van der Waals surface area contributed by atoms with Crippen LogP contribution in [-0.4, -0.2) is 83.7 Å². The number of hydrogen-bond donors (Lipinski definition) is 0. The monoisotopic (exact) mass is 404 g/mol. The van der Waals surface area contributed by atoms with Gasteiger partial charge in [0.1, 0.15) is 6.10 Å². The van der Waals surface area contributed by atoms with Gasteiger partial charge in [0.05, 0.1) is 25.4 Å². The second-order valence-corrected chi connectivity index (χ2v) is 7.84. The van der Waals surface area contributed by atoms with Crippen molar-refractivity contribution in [3.63, 3.8) is 0 Å². The van der Waals surface area contributed by atoms with Crippen molar-refractivity contribution >= 4 is 11.8 Å². The third kappa shape index (κ3) is 4.60. The van der Waals surface area contributed by atoms with Crippen LogP contribution in [0.1, 0.15) is 32.1 Å². The lowest BCUT2D eigenvalue weighted by atomic mass is 10.0. The molecule has 0 saturated carbocycles. The summed E-state index contributed by atoms with van der Waals surface area (Å²) >= 11 is 0. The summed E-state index contributed by atoms with van der Waals surface area (Å²) in [4.78, 5) is 37.4. The molecule has 3 aliphatic rings. The van der Waals surface area contributed by atoms with Gasteiger partial charge in [-0.15, -0.1) is 0 Å². The minimum absolute atomic E-state index is 0.0172. The molecule has 0 N–H and O–H groups in total. The lowest BCUT2D eigenvalue weighted by molar-refractivity contribution is -0.137. The highest BCUT2D eigenvalue weighted by Gasteiger charge is 2.40. The Morgan fingerprint density at radius 1 is 1.14 bits per heavy atom. The van der Waals surface area contributed by atoms with Crippen LogP contribution in [-0.2, 0) is 14.3 Å². The molecule has 3 fully saturated rings. The van der Waals surface area contributed by atoms with E-state index in [1.807, 2.05) is 9.80 Å². The number of methoxy groups -OCH3 is 1.